The second-order valence-electron chi connectivity index (χ2n) is 14.3. The molecule has 19 heteroatoms. The van der Waals surface area contributed by atoms with Gasteiger partial charge < -0.3 is 35.6 Å². The largest absolute Gasteiger partial charge is 0.508 e. The molecule has 0 aliphatic carbocycles. The lowest BCUT2D eigenvalue weighted by Crippen LogP contribution is -2.30. The van der Waals surface area contributed by atoms with Gasteiger partial charge in [-0.2, -0.15) is 15.4 Å². The van der Waals surface area contributed by atoms with Gasteiger partial charge in [0.05, 0.1) is 34.1 Å². The van der Waals surface area contributed by atoms with E-state index in [2.05, 4.69) is 21.1 Å². The molecular weight excluding hydrogens is 919 g/mol. The van der Waals surface area contributed by atoms with Gasteiger partial charge in [0.1, 0.15) is 34.8 Å². The summed E-state index contributed by atoms with van der Waals surface area (Å²) in [7, 11) is 0. The number of carboxylic acids is 1. The van der Waals surface area contributed by atoms with Crippen LogP contribution in [0.3, 0.4) is 0 Å². The number of phenolic OH excluding ortho intramolecular Hbond substituents is 1. The monoisotopic (exact) mass is 958 g/mol. The highest BCUT2D eigenvalue weighted by atomic mass is 35.5. The number of carbonyl (C=O) groups is 5. The first-order valence-corrected chi connectivity index (χ1v) is 21.7. The number of phenols is 1. The number of amidine groups is 1. The van der Waals surface area contributed by atoms with Gasteiger partial charge in [0.2, 0.25) is 0 Å². The second-order valence-corrected chi connectivity index (χ2v) is 16.7. The van der Waals surface area contributed by atoms with E-state index < -0.39 is 29.8 Å². The maximum absolute atomic E-state index is 12.8. The van der Waals surface area contributed by atoms with Gasteiger partial charge >= 0.3 is 5.97 Å². The van der Waals surface area contributed by atoms with E-state index in [1.165, 1.54) is 36.0 Å². The van der Waals surface area contributed by atoms with Crippen LogP contribution in [0.2, 0.25) is 15.1 Å². The summed E-state index contributed by atoms with van der Waals surface area (Å²) in [6.07, 6.45) is -1.08. The van der Waals surface area contributed by atoms with E-state index in [9.17, 15) is 29.1 Å². The van der Waals surface area contributed by atoms with Crippen LogP contribution in [0.5, 0.6) is 17.2 Å². The number of nitriles is 1. The Balaban J connectivity index is 0.000000254. The van der Waals surface area contributed by atoms with Crippen LogP contribution in [0.15, 0.2) is 101 Å². The van der Waals surface area contributed by atoms with E-state index >= 15 is 0 Å². The lowest BCUT2D eigenvalue weighted by molar-refractivity contribution is -0.136. The summed E-state index contributed by atoms with van der Waals surface area (Å²) in [5.41, 5.74) is 4.17. The molecular formula is C46H41Cl3N6O9S. The summed E-state index contributed by atoms with van der Waals surface area (Å²) < 4.78 is 11.2. The first kappa shape index (κ1) is 49.2. The third-order valence-corrected chi connectivity index (χ3v) is 11.0. The molecule has 336 valence electrons. The van der Waals surface area contributed by atoms with Crippen molar-refractivity contribution in [3.05, 3.63) is 134 Å². The molecule has 65 heavy (non-hydrogen) atoms. The SMILES string of the molecule is Cc1cc(SCCC(=O)O)c(NC(=O)C(C)Oc2ccccc2C#N)cc1O.Cc1ccc(OCC(=O)Nc2cccc(C(=O)NC3=NN(c4c(Cl)cc(Cl)cc4Cl)C(=O)C3)c2)c(C)c1. The number of halogens is 3. The van der Waals surface area contributed by atoms with Crippen LogP contribution in [0.4, 0.5) is 17.1 Å². The molecule has 0 saturated heterocycles. The molecule has 1 aliphatic rings. The van der Waals surface area contributed by atoms with E-state index in [0.717, 1.165) is 16.1 Å². The van der Waals surface area contributed by atoms with Crippen molar-refractivity contribution < 1.29 is 43.7 Å². The number of aryl methyl sites for hydroxylation is 3. The van der Waals surface area contributed by atoms with E-state index in [1.54, 1.807) is 62.4 Å². The van der Waals surface area contributed by atoms with Crippen molar-refractivity contribution >= 4 is 99.1 Å². The molecule has 4 amide bonds. The highest BCUT2D eigenvalue weighted by Crippen LogP contribution is 2.38. The number of amides is 4. The Kier molecular flexibility index (Phi) is 17.2. The Bertz CT molecular complexity index is 2700. The minimum atomic E-state index is -0.910. The topological polar surface area (TPSA) is 220 Å². The molecule has 1 unspecified atom stereocenters. The number of ether oxygens (including phenoxy) is 2. The molecule has 0 spiro atoms. The van der Waals surface area contributed by atoms with Crippen molar-refractivity contribution in [2.45, 2.75) is 51.5 Å². The normalized spacial score (nSPS) is 12.2. The van der Waals surface area contributed by atoms with Crippen molar-refractivity contribution in [2.75, 3.05) is 28.0 Å². The van der Waals surface area contributed by atoms with Crippen LogP contribution in [0.25, 0.3) is 0 Å². The third-order valence-electron chi connectivity index (χ3n) is 9.13. The number of nitrogens with zero attached hydrogens (tertiary/aromatic N) is 3. The number of aromatic hydroxyl groups is 1. The number of carboxylic acid groups (broad SMARTS) is 1. The number of thioether (sulfide) groups is 1. The van der Waals surface area contributed by atoms with Crippen LogP contribution in [-0.2, 0) is 19.2 Å². The van der Waals surface area contributed by atoms with Gasteiger partial charge in [-0.1, -0.05) is 70.7 Å². The Morgan fingerprint density at radius 2 is 1.62 bits per heavy atom. The van der Waals surface area contributed by atoms with Crippen molar-refractivity contribution in [3.8, 4) is 23.3 Å². The number of benzene rings is 5. The van der Waals surface area contributed by atoms with Gasteiger partial charge in [-0.25, -0.2) is 0 Å². The quantitative estimate of drug-likeness (QED) is 0.0660. The number of hydrazone groups is 1. The fourth-order valence-electron chi connectivity index (χ4n) is 5.93. The number of nitrogens with one attached hydrogen (secondary N) is 3. The molecule has 0 radical (unpaired) electrons. The Hall–Kier alpha value is -6.77. The molecule has 1 heterocycles. The van der Waals surface area contributed by atoms with Gasteiger partial charge in [0.15, 0.2) is 12.7 Å². The van der Waals surface area contributed by atoms with Gasteiger partial charge in [-0.05, 0) is 93.4 Å². The maximum Gasteiger partial charge on any atom is 0.304 e. The lowest BCUT2D eigenvalue weighted by atomic mass is 10.1. The van der Waals surface area contributed by atoms with E-state index in [1.807, 2.05) is 38.1 Å². The summed E-state index contributed by atoms with van der Waals surface area (Å²) in [5, 5.41) is 41.7. The molecule has 1 aliphatic heterocycles. The van der Waals surface area contributed by atoms with Crippen LogP contribution in [0, 0.1) is 32.1 Å². The average molecular weight is 960 g/mol. The highest BCUT2D eigenvalue weighted by Gasteiger charge is 2.30. The first-order chi connectivity index (χ1) is 30.9. The molecule has 0 fully saturated rings. The number of para-hydroxylation sites is 1. The first-order valence-electron chi connectivity index (χ1n) is 19.5. The van der Waals surface area contributed by atoms with Crippen LogP contribution >= 0.6 is 46.6 Å². The molecule has 6 rings (SSSR count). The van der Waals surface area contributed by atoms with Crippen molar-refractivity contribution in [3.63, 3.8) is 0 Å². The van der Waals surface area contributed by atoms with Crippen LogP contribution < -0.4 is 30.4 Å². The Labute approximate surface area is 393 Å². The number of aliphatic carboxylic acids is 1. The minimum absolute atomic E-state index is 0.0151. The fraction of sp³-hybridized carbons (Fsp3) is 0.196. The predicted molar refractivity (Wildman–Crippen MR) is 251 cm³/mol. The molecule has 5 aromatic rings. The molecule has 0 saturated carbocycles. The second kappa shape index (κ2) is 22.7. The summed E-state index contributed by atoms with van der Waals surface area (Å²) in [5.74, 6) is -1.31. The van der Waals surface area contributed by atoms with Gasteiger partial charge in [0.25, 0.3) is 23.6 Å². The summed E-state index contributed by atoms with van der Waals surface area (Å²) in [4.78, 5) is 61.6. The maximum atomic E-state index is 12.8. The van der Waals surface area contributed by atoms with Gasteiger partial charge in [-0.3, -0.25) is 24.0 Å². The van der Waals surface area contributed by atoms with E-state index in [4.69, 9.17) is 54.6 Å². The highest BCUT2D eigenvalue weighted by molar-refractivity contribution is 7.99. The zero-order valence-corrected chi connectivity index (χ0v) is 38.3. The van der Waals surface area contributed by atoms with Crippen LogP contribution in [-0.4, -0.2) is 64.1 Å². The Morgan fingerprint density at radius 3 is 2.31 bits per heavy atom. The minimum Gasteiger partial charge on any atom is -0.508 e. The number of carbonyl (C=O) groups excluding carboxylic acids is 4. The zero-order chi connectivity index (χ0) is 47.4. The fourth-order valence-corrected chi connectivity index (χ4v) is 7.93. The summed E-state index contributed by atoms with van der Waals surface area (Å²) >= 11 is 19.6. The predicted octanol–water partition coefficient (Wildman–Crippen LogP) is 9.31. The van der Waals surface area contributed by atoms with Crippen molar-refractivity contribution in [1.82, 2.24) is 5.32 Å². The third kappa shape index (κ3) is 13.9. The number of hydrogen-bond acceptors (Lipinski definition) is 11. The molecule has 1 atom stereocenters. The number of hydrogen-bond donors (Lipinski definition) is 5. The molecule has 15 nitrogen and oxygen atoms in total. The summed E-state index contributed by atoms with van der Waals surface area (Å²) in [6, 6.07) is 26.6. The van der Waals surface area contributed by atoms with Crippen molar-refractivity contribution in [2.24, 2.45) is 5.10 Å². The molecule has 5 aromatic carbocycles. The Morgan fingerprint density at radius 1 is 0.892 bits per heavy atom. The van der Waals surface area contributed by atoms with E-state index in [-0.39, 0.29) is 58.2 Å². The van der Waals surface area contributed by atoms with Crippen LogP contribution in [0.1, 0.15) is 52.4 Å². The van der Waals surface area contributed by atoms with Gasteiger partial charge in [-0.15, -0.1) is 11.8 Å². The zero-order valence-electron chi connectivity index (χ0n) is 35.2. The standard InChI is InChI=1S/C26H21Cl3N4O4.C20H20N2O5S/c1-14-6-7-21(15(2)8-14)37-13-23(34)30-18-5-3-4-16(9-18)26(36)31-22-12-24(35)33(32-22)25-19(28)10-17(27)11-20(25)29;1-12-9-18(28-8-7-19(24)25)15(10-16(12)23)22-20(26)13(2)27-17-6-4-3-5-14(17)11-21/h3-11H,12-13H2,1-2H3,(H,30,34)(H,31,32,36);3-6,9-10,13,23H,7-8H2,1-2H3,(H,22,26)(H,24,25). The average Bonchev–Trinajstić information content (AvgIpc) is 3.60. The lowest BCUT2D eigenvalue weighted by Gasteiger charge is -2.17. The smallest absolute Gasteiger partial charge is 0.304 e. The molecule has 0 aromatic heterocycles. The molecule has 0 bridgehead atoms. The number of rotatable bonds is 14. The molecule has 5 N–H and O–H groups in total. The summed E-state index contributed by atoms with van der Waals surface area (Å²) in [6.45, 7) is 6.96. The number of anilines is 3. The van der Waals surface area contributed by atoms with Crippen molar-refractivity contribution in [1.29, 1.82) is 5.26 Å². The van der Waals surface area contributed by atoms with E-state index in [0.29, 0.717) is 49.7 Å². The van der Waals surface area contributed by atoms with Gasteiger partial charge in [0, 0.05) is 33.0 Å².